The molecule has 0 N–H and O–H groups in total. The highest BCUT2D eigenvalue weighted by Crippen LogP contribution is 2.15. The smallest absolute Gasteiger partial charge is 0.130 e. The largest absolute Gasteiger partial charge is 0.300 e. The first-order valence-electron chi connectivity index (χ1n) is 4.84. The highest BCUT2D eigenvalue weighted by atomic mass is 16.1. The molecule has 0 aliphatic heterocycles. The first-order chi connectivity index (χ1) is 6.11. The van der Waals surface area contributed by atoms with Crippen molar-refractivity contribution >= 4 is 19.4 Å². The molecule has 0 aliphatic rings. The average Bonchev–Trinajstić information content (AvgIpc) is 2.10. The number of rotatable bonds is 7. The van der Waals surface area contributed by atoms with Crippen LogP contribution < -0.4 is 0 Å². The van der Waals surface area contributed by atoms with Crippen LogP contribution in [0.3, 0.4) is 0 Å². The SMILES string of the molecule is [B]CC(=O)C(CCCC)CC(C)=O. The lowest BCUT2D eigenvalue weighted by Crippen LogP contribution is -2.16. The van der Waals surface area contributed by atoms with Crippen molar-refractivity contribution in [3.8, 4) is 0 Å². The maximum atomic E-state index is 11.3. The zero-order chi connectivity index (χ0) is 10.3. The lowest BCUT2D eigenvalue weighted by molar-refractivity contribution is -0.126. The van der Waals surface area contributed by atoms with Gasteiger partial charge in [0.25, 0.3) is 0 Å². The molecule has 0 rings (SSSR count). The number of hydrogen-bond donors (Lipinski definition) is 0. The van der Waals surface area contributed by atoms with Gasteiger partial charge in [-0.25, -0.2) is 0 Å². The van der Waals surface area contributed by atoms with Gasteiger partial charge in [0, 0.05) is 12.3 Å². The van der Waals surface area contributed by atoms with Gasteiger partial charge in [-0.05, 0) is 19.7 Å². The molecule has 13 heavy (non-hydrogen) atoms. The summed E-state index contributed by atoms with van der Waals surface area (Å²) >= 11 is 0. The van der Waals surface area contributed by atoms with Gasteiger partial charge in [-0.15, -0.1) is 0 Å². The molecule has 2 radical (unpaired) electrons. The van der Waals surface area contributed by atoms with E-state index in [4.69, 9.17) is 7.85 Å². The van der Waals surface area contributed by atoms with Crippen molar-refractivity contribution in [3.05, 3.63) is 0 Å². The van der Waals surface area contributed by atoms with E-state index in [0.717, 1.165) is 19.3 Å². The number of carbonyl (C=O) groups is 2. The van der Waals surface area contributed by atoms with Crippen LogP contribution in [0, 0.1) is 5.92 Å². The van der Waals surface area contributed by atoms with E-state index in [1.165, 1.54) is 6.92 Å². The third-order valence-electron chi connectivity index (χ3n) is 2.10. The summed E-state index contributed by atoms with van der Waals surface area (Å²) in [4.78, 5) is 22.1. The number of Topliss-reactive ketones (excluding diaryl/α,β-unsaturated/α-hetero) is 2. The summed E-state index contributed by atoms with van der Waals surface area (Å²) in [5.74, 6) is -0.0472. The molecule has 1 unspecified atom stereocenters. The molecule has 0 heterocycles. The van der Waals surface area contributed by atoms with Crippen LogP contribution in [0.25, 0.3) is 0 Å². The van der Waals surface area contributed by atoms with Crippen LogP contribution >= 0.6 is 0 Å². The summed E-state index contributed by atoms with van der Waals surface area (Å²) in [6.07, 6.45) is 3.25. The molecular weight excluding hydrogens is 163 g/mol. The average molecular weight is 180 g/mol. The van der Waals surface area contributed by atoms with Gasteiger partial charge in [-0.3, -0.25) is 0 Å². The van der Waals surface area contributed by atoms with Crippen LogP contribution in [0.15, 0.2) is 0 Å². The topological polar surface area (TPSA) is 34.1 Å². The molecule has 1 atom stereocenters. The minimum absolute atomic E-state index is 0.0173. The Morgan fingerprint density at radius 1 is 1.38 bits per heavy atom. The third kappa shape index (κ3) is 5.61. The lowest BCUT2D eigenvalue weighted by atomic mass is 9.85. The second kappa shape index (κ2) is 6.87. The lowest BCUT2D eigenvalue weighted by Gasteiger charge is -2.12. The van der Waals surface area contributed by atoms with Crippen LogP contribution in [-0.4, -0.2) is 19.4 Å². The molecule has 0 saturated heterocycles. The van der Waals surface area contributed by atoms with Crippen molar-refractivity contribution in [2.75, 3.05) is 0 Å². The molecular formula is C10H17BO2. The van der Waals surface area contributed by atoms with Gasteiger partial charge >= 0.3 is 0 Å². The number of hydrogen-bond acceptors (Lipinski definition) is 2. The predicted octanol–water partition coefficient (Wildman–Crippen LogP) is 1.93. The Morgan fingerprint density at radius 2 is 2.00 bits per heavy atom. The standard InChI is InChI=1S/C10H17BO2/c1-3-4-5-9(6-8(2)12)10(13)7-11/h9H,3-7H2,1-2H3. The first-order valence-corrected chi connectivity index (χ1v) is 4.84. The van der Waals surface area contributed by atoms with E-state index in [1.807, 2.05) is 0 Å². The van der Waals surface area contributed by atoms with Crippen LogP contribution in [0.4, 0.5) is 0 Å². The zero-order valence-corrected chi connectivity index (χ0v) is 8.51. The summed E-state index contributed by atoms with van der Waals surface area (Å²) < 4.78 is 0. The molecule has 0 bridgehead atoms. The fraction of sp³-hybridized carbons (Fsp3) is 0.800. The predicted molar refractivity (Wildman–Crippen MR) is 53.9 cm³/mol. The fourth-order valence-electron chi connectivity index (χ4n) is 1.34. The monoisotopic (exact) mass is 180 g/mol. The van der Waals surface area contributed by atoms with Gasteiger partial charge in [-0.1, -0.05) is 19.8 Å². The van der Waals surface area contributed by atoms with Gasteiger partial charge in [-0.2, -0.15) is 0 Å². The fourth-order valence-corrected chi connectivity index (χ4v) is 1.34. The summed E-state index contributed by atoms with van der Waals surface area (Å²) in [5, 5.41) is 0. The van der Waals surface area contributed by atoms with E-state index in [0.29, 0.717) is 6.42 Å². The van der Waals surface area contributed by atoms with Crippen LogP contribution in [-0.2, 0) is 9.59 Å². The Balaban J connectivity index is 4.02. The molecule has 2 nitrogen and oxygen atoms in total. The van der Waals surface area contributed by atoms with Crippen molar-refractivity contribution in [2.24, 2.45) is 5.92 Å². The first kappa shape index (κ1) is 12.4. The quantitative estimate of drug-likeness (QED) is 0.561. The van der Waals surface area contributed by atoms with Crippen LogP contribution in [0.1, 0.15) is 39.5 Å². The Bertz CT molecular complexity index is 178. The van der Waals surface area contributed by atoms with Gasteiger partial charge in [0.15, 0.2) is 0 Å². The highest BCUT2D eigenvalue weighted by molar-refractivity contribution is 6.20. The minimum atomic E-state index is -0.137. The van der Waals surface area contributed by atoms with E-state index in [1.54, 1.807) is 0 Å². The van der Waals surface area contributed by atoms with E-state index < -0.39 is 0 Å². The maximum absolute atomic E-state index is 11.3. The summed E-state index contributed by atoms with van der Waals surface area (Å²) in [5.41, 5.74) is 0. The van der Waals surface area contributed by atoms with E-state index >= 15 is 0 Å². The van der Waals surface area contributed by atoms with Crippen molar-refractivity contribution in [3.63, 3.8) is 0 Å². The molecule has 0 aromatic carbocycles. The highest BCUT2D eigenvalue weighted by Gasteiger charge is 2.17. The zero-order valence-electron chi connectivity index (χ0n) is 8.51. The van der Waals surface area contributed by atoms with Crippen LogP contribution in [0.5, 0.6) is 0 Å². The van der Waals surface area contributed by atoms with Gasteiger partial charge in [0.1, 0.15) is 11.6 Å². The summed E-state index contributed by atoms with van der Waals surface area (Å²) in [6.45, 7) is 3.58. The van der Waals surface area contributed by atoms with Gasteiger partial charge in [0.2, 0.25) is 0 Å². The second-order valence-electron chi connectivity index (χ2n) is 3.42. The Hall–Kier alpha value is -0.595. The van der Waals surface area contributed by atoms with Crippen molar-refractivity contribution in [2.45, 2.75) is 45.9 Å². The van der Waals surface area contributed by atoms with Crippen molar-refractivity contribution in [1.82, 2.24) is 0 Å². The summed E-state index contributed by atoms with van der Waals surface area (Å²) in [6, 6.07) is 0. The molecule has 0 amide bonds. The molecule has 72 valence electrons. The maximum Gasteiger partial charge on any atom is 0.130 e. The number of ketones is 2. The van der Waals surface area contributed by atoms with Gasteiger partial charge < -0.3 is 9.59 Å². The van der Waals surface area contributed by atoms with E-state index in [2.05, 4.69) is 6.92 Å². The van der Waals surface area contributed by atoms with Gasteiger partial charge in [0.05, 0.1) is 7.85 Å². The molecule has 0 saturated carbocycles. The molecule has 0 aliphatic carbocycles. The van der Waals surface area contributed by atoms with Crippen molar-refractivity contribution in [1.29, 1.82) is 0 Å². The third-order valence-corrected chi connectivity index (χ3v) is 2.10. The minimum Gasteiger partial charge on any atom is -0.300 e. The molecule has 3 heteroatoms. The molecule has 0 aromatic heterocycles. The van der Waals surface area contributed by atoms with Crippen molar-refractivity contribution < 1.29 is 9.59 Å². The van der Waals surface area contributed by atoms with Crippen LogP contribution in [0.2, 0.25) is 6.32 Å². The van der Waals surface area contributed by atoms with E-state index in [9.17, 15) is 9.59 Å². The molecule has 0 spiro atoms. The Labute approximate surface area is 81.5 Å². The number of unbranched alkanes of at least 4 members (excludes halogenated alkanes) is 1. The normalized spacial score (nSPS) is 12.5. The Morgan fingerprint density at radius 3 is 2.38 bits per heavy atom. The number of carbonyl (C=O) groups excluding carboxylic acids is 2. The van der Waals surface area contributed by atoms with E-state index in [-0.39, 0.29) is 23.8 Å². The molecule has 0 aromatic rings. The Kier molecular flexibility index (Phi) is 6.56. The second-order valence-corrected chi connectivity index (χ2v) is 3.42. The molecule has 0 fully saturated rings. The summed E-state index contributed by atoms with van der Waals surface area (Å²) in [7, 11) is 5.26.